The maximum atomic E-state index is 10.0. The van der Waals surface area contributed by atoms with E-state index in [0.29, 0.717) is 0 Å². The minimum absolute atomic E-state index is 0.533. The Bertz CT molecular complexity index is 339. The van der Waals surface area contributed by atoms with Gasteiger partial charge < -0.3 is 50.0 Å². The van der Waals surface area contributed by atoms with E-state index in [1.54, 1.807) is 0 Å². The van der Waals surface area contributed by atoms with Gasteiger partial charge in [0.1, 0.15) is 42.7 Å². The Hall–Kier alpha value is -0.400. The molecule has 1 aliphatic heterocycles. The van der Waals surface area contributed by atoms with Gasteiger partial charge in [-0.25, -0.2) is 0 Å². The van der Waals surface area contributed by atoms with E-state index in [4.69, 9.17) is 19.3 Å². The fourth-order valence-electron chi connectivity index (χ4n) is 2.39. The zero-order valence-corrected chi connectivity index (χ0v) is 13.0. The van der Waals surface area contributed by atoms with Crippen LogP contribution in [0.1, 0.15) is 6.92 Å². The second-order valence-electron chi connectivity index (χ2n) is 5.49. The molecule has 7 N–H and O–H groups in total. The molecule has 23 heavy (non-hydrogen) atoms. The van der Waals surface area contributed by atoms with Crippen LogP contribution in [-0.2, 0) is 14.2 Å². The van der Waals surface area contributed by atoms with Gasteiger partial charge in [0.2, 0.25) is 0 Å². The van der Waals surface area contributed by atoms with Gasteiger partial charge in [-0.05, 0) is 6.92 Å². The molecule has 10 heteroatoms. The van der Waals surface area contributed by atoms with Crippen LogP contribution in [0.15, 0.2) is 0 Å². The standard InChI is InChI=1S/C13H26O10/c1-5(16)8(18)11(6(17)3-14)23-13-10(20)9(19)12(21-2)7(4-15)22-13/h5-20H,3-4H2,1-2H3/t5?,6-,7?,8?,9?,10-,11?,12?,13-/m1/s1. The van der Waals surface area contributed by atoms with Gasteiger partial charge >= 0.3 is 0 Å². The number of methoxy groups -OCH3 is 1. The third-order valence-corrected chi connectivity index (χ3v) is 3.78. The highest BCUT2D eigenvalue weighted by atomic mass is 16.7. The van der Waals surface area contributed by atoms with Crippen LogP contribution in [0.25, 0.3) is 0 Å². The number of hydrogen-bond acceptors (Lipinski definition) is 10. The van der Waals surface area contributed by atoms with Crippen LogP contribution >= 0.6 is 0 Å². The van der Waals surface area contributed by atoms with Crippen molar-refractivity contribution in [3.05, 3.63) is 0 Å². The lowest BCUT2D eigenvalue weighted by atomic mass is 9.98. The molecular weight excluding hydrogens is 316 g/mol. The van der Waals surface area contributed by atoms with Gasteiger partial charge in [-0.3, -0.25) is 0 Å². The quantitative estimate of drug-likeness (QED) is 0.230. The highest BCUT2D eigenvalue weighted by Gasteiger charge is 2.47. The van der Waals surface area contributed by atoms with Crippen LogP contribution in [0, 0.1) is 0 Å². The first-order valence-electron chi connectivity index (χ1n) is 7.24. The lowest BCUT2D eigenvalue weighted by molar-refractivity contribution is -0.329. The van der Waals surface area contributed by atoms with Gasteiger partial charge in [-0.2, -0.15) is 0 Å². The predicted molar refractivity (Wildman–Crippen MR) is 74.2 cm³/mol. The Balaban J connectivity index is 2.90. The topological polar surface area (TPSA) is 169 Å². The molecule has 1 saturated heterocycles. The normalized spacial score (nSPS) is 37.2. The van der Waals surface area contributed by atoms with Gasteiger partial charge in [0, 0.05) is 7.11 Å². The molecule has 0 radical (unpaired) electrons. The summed E-state index contributed by atoms with van der Waals surface area (Å²) in [5.74, 6) is 0. The number of aliphatic hydroxyl groups is 7. The van der Waals surface area contributed by atoms with Crippen molar-refractivity contribution in [1.82, 2.24) is 0 Å². The molecule has 9 atom stereocenters. The summed E-state index contributed by atoms with van der Waals surface area (Å²) in [5.41, 5.74) is 0. The molecule has 1 rings (SSSR count). The van der Waals surface area contributed by atoms with Crippen molar-refractivity contribution < 1.29 is 50.0 Å². The maximum absolute atomic E-state index is 10.0. The van der Waals surface area contributed by atoms with E-state index in [0.717, 1.165) is 0 Å². The SMILES string of the molecule is COC1C(CO)O[C@H](OC(C(O)C(C)O)[C@H](O)CO)[C@H](O)C1O. The maximum Gasteiger partial charge on any atom is 0.187 e. The van der Waals surface area contributed by atoms with Crippen molar-refractivity contribution in [1.29, 1.82) is 0 Å². The Labute approximate surface area is 133 Å². The molecule has 1 aliphatic rings. The molecule has 6 unspecified atom stereocenters. The molecule has 0 amide bonds. The summed E-state index contributed by atoms with van der Waals surface area (Å²) >= 11 is 0. The zero-order valence-electron chi connectivity index (χ0n) is 13.0. The molecule has 138 valence electrons. The van der Waals surface area contributed by atoms with Gasteiger partial charge in [0.25, 0.3) is 0 Å². The lowest BCUT2D eigenvalue weighted by Crippen LogP contribution is -2.62. The summed E-state index contributed by atoms with van der Waals surface area (Å²) in [6.07, 6.45) is -12.5. The fourth-order valence-corrected chi connectivity index (χ4v) is 2.39. The smallest absolute Gasteiger partial charge is 0.187 e. The summed E-state index contributed by atoms with van der Waals surface area (Å²) in [5, 5.41) is 67.3. The van der Waals surface area contributed by atoms with Crippen molar-refractivity contribution in [3.63, 3.8) is 0 Å². The van der Waals surface area contributed by atoms with Crippen molar-refractivity contribution in [3.8, 4) is 0 Å². The van der Waals surface area contributed by atoms with Gasteiger partial charge in [0.15, 0.2) is 6.29 Å². The summed E-state index contributed by atoms with van der Waals surface area (Å²) in [6, 6.07) is 0. The molecular formula is C13H26O10. The third-order valence-electron chi connectivity index (χ3n) is 3.78. The van der Waals surface area contributed by atoms with Crippen LogP contribution in [-0.4, -0.2) is 111 Å². The number of aliphatic hydroxyl groups excluding tert-OH is 7. The summed E-state index contributed by atoms with van der Waals surface area (Å²) in [4.78, 5) is 0. The summed E-state index contributed by atoms with van der Waals surface area (Å²) in [7, 11) is 1.27. The predicted octanol–water partition coefficient (Wildman–Crippen LogP) is -4.08. The van der Waals surface area contributed by atoms with E-state index in [-0.39, 0.29) is 0 Å². The van der Waals surface area contributed by atoms with E-state index in [1.165, 1.54) is 14.0 Å². The molecule has 0 aliphatic carbocycles. The molecule has 0 saturated carbocycles. The Morgan fingerprint density at radius 3 is 2.13 bits per heavy atom. The second-order valence-corrected chi connectivity index (χ2v) is 5.49. The fraction of sp³-hybridized carbons (Fsp3) is 1.00. The Morgan fingerprint density at radius 2 is 1.70 bits per heavy atom. The first kappa shape index (κ1) is 20.6. The van der Waals surface area contributed by atoms with Gasteiger partial charge in [-0.1, -0.05) is 0 Å². The zero-order chi connectivity index (χ0) is 17.7. The molecule has 1 heterocycles. The summed E-state index contributed by atoms with van der Waals surface area (Å²) < 4.78 is 15.5. The molecule has 0 aromatic carbocycles. The Morgan fingerprint density at radius 1 is 1.09 bits per heavy atom. The highest BCUT2D eigenvalue weighted by Crippen LogP contribution is 2.26. The van der Waals surface area contributed by atoms with E-state index in [2.05, 4.69) is 0 Å². The van der Waals surface area contributed by atoms with E-state index < -0.39 is 68.3 Å². The minimum atomic E-state index is -1.60. The van der Waals surface area contributed by atoms with Crippen molar-refractivity contribution >= 4 is 0 Å². The van der Waals surface area contributed by atoms with Crippen molar-refractivity contribution in [2.45, 2.75) is 62.0 Å². The lowest BCUT2D eigenvalue weighted by Gasteiger charge is -2.43. The first-order chi connectivity index (χ1) is 10.8. The van der Waals surface area contributed by atoms with Crippen LogP contribution in [0.4, 0.5) is 0 Å². The molecule has 10 nitrogen and oxygen atoms in total. The number of hydrogen-bond donors (Lipinski definition) is 7. The van der Waals surface area contributed by atoms with Gasteiger partial charge in [0.05, 0.1) is 19.3 Å². The van der Waals surface area contributed by atoms with Crippen molar-refractivity contribution in [2.75, 3.05) is 20.3 Å². The minimum Gasteiger partial charge on any atom is -0.394 e. The van der Waals surface area contributed by atoms with Crippen LogP contribution < -0.4 is 0 Å². The molecule has 0 spiro atoms. The second kappa shape index (κ2) is 9.18. The average Bonchev–Trinajstić information content (AvgIpc) is 2.54. The molecule has 0 aromatic rings. The molecule has 1 fully saturated rings. The first-order valence-corrected chi connectivity index (χ1v) is 7.24. The van der Waals surface area contributed by atoms with E-state index in [9.17, 15) is 30.6 Å². The average molecular weight is 342 g/mol. The van der Waals surface area contributed by atoms with Crippen LogP contribution in [0.5, 0.6) is 0 Å². The van der Waals surface area contributed by atoms with E-state index >= 15 is 0 Å². The van der Waals surface area contributed by atoms with Crippen LogP contribution in [0.3, 0.4) is 0 Å². The third kappa shape index (κ3) is 4.79. The largest absolute Gasteiger partial charge is 0.394 e. The van der Waals surface area contributed by atoms with Crippen molar-refractivity contribution in [2.24, 2.45) is 0 Å². The van der Waals surface area contributed by atoms with E-state index in [1.807, 2.05) is 0 Å². The van der Waals surface area contributed by atoms with Gasteiger partial charge in [-0.15, -0.1) is 0 Å². The Kier molecular flexibility index (Phi) is 8.24. The number of rotatable bonds is 8. The molecule has 0 aromatic heterocycles. The monoisotopic (exact) mass is 342 g/mol. The summed E-state index contributed by atoms with van der Waals surface area (Å²) in [6.45, 7) is -0.0616. The highest BCUT2D eigenvalue weighted by molar-refractivity contribution is 4.91. The van der Waals surface area contributed by atoms with Crippen LogP contribution in [0.2, 0.25) is 0 Å². The molecule has 0 bridgehead atoms. The number of ether oxygens (including phenoxy) is 3.